The van der Waals surface area contributed by atoms with Crippen LogP contribution >= 0.6 is 0 Å². The van der Waals surface area contributed by atoms with Gasteiger partial charge >= 0.3 is 0 Å². The van der Waals surface area contributed by atoms with Gasteiger partial charge in [-0.3, -0.25) is 9.69 Å². The third kappa shape index (κ3) is 5.31. The van der Waals surface area contributed by atoms with Crippen LogP contribution in [0.25, 0.3) is 0 Å². The lowest BCUT2D eigenvalue weighted by Crippen LogP contribution is -2.61. The molecule has 0 aromatic carbocycles. The summed E-state index contributed by atoms with van der Waals surface area (Å²) < 4.78 is 52.7. The molecule has 0 aromatic heterocycles. The predicted molar refractivity (Wildman–Crippen MR) is 190 cm³/mol. The second kappa shape index (κ2) is 12.3. The Morgan fingerprint density at radius 2 is 1.73 bits per heavy atom. The van der Waals surface area contributed by atoms with Gasteiger partial charge in [-0.25, -0.2) is 8.78 Å². The number of morpholine rings is 1. The van der Waals surface area contributed by atoms with Crippen molar-refractivity contribution in [2.45, 2.75) is 155 Å². The number of ether oxygens (including phenoxy) is 4. The van der Waals surface area contributed by atoms with Crippen molar-refractivity contribution in [3.8, 4) is 0 Å². The van der Waals surface area contributed by atoms with Crippen LogP contribution in [0.5, 0.6) is 0 Å². The summed E-state index contributed by atoms with van der Waals surface area (Å²) in [7, 11) is 0. The van der Waals surface area contributed by atoms with Crippen molar-refractivity contribution in [3.05, 3.63) is 0 Å². The molecule has 5 saturated carbocycles. The van der Waals surface area contributed by atoms with Crippen LogP contribution in [0.1, 0.15) is 107 Å². The first-order valence-corrected chi connectivity index (χ1v) is 20.6. The molecule has 296 valence electrons. The Morgan fingerprint density at radius 3 is 2.40 bits per heavy atom. The molecule has 0 aromatic rings. The van der Waals surface area contributed by atoms with Crippen molar-refractivity contribution >= 4 is 5.91 Å². The van der Waals surface area contributed by atoms with E-state index >= 15 is 0 Å². The molecule has 3 aliphatic heterocycles. The number of aliphatic hydroxyl groups excluding tert-OH is 1. The number of nitrogens with zero attached hydrogens (tertiary/aromatic N) is 2. The van der Waals surface area contributed by atoms with E-state index in [9.17, 15) is 23.8 Å². The summed E-state index contributed by atoms with van der Waals surface area (Å²) in [5, 5.41) is 23.7. The van der Waals surface area contributed by atoms with Gasteiger partial charge in [0.2, 0.25) is 5.91 Å². The van der Waals surface area contributed by atoms with E-state index in [-0.39, 0.29) is 63.8 Å². The molecule has 8 aliphatic rings. The number of hydrogen-bond donors (Lipinski definition) is 2. The van der Waals surface area contributed by atoms with Crippen molar-refractivity contribution < 1.29 is 42.7 Å². The highest BCUT2D eigenvalue weighted by Crippen LogP contribution is 2.89. The third-order valence-electron chi connectivity index (χ3n) is 17.1. The Bertz CT molecular complexity index is 1400. The summed E-state index contributed by atoms with van der Waals surface area (Å²) in [6.07, 6.45) is 6.67. The first-order valence-electron chi connectivity index (χ1n) is 20.6. The van der Waals surface area contributed by atoms with Gasteiger partial charge in [-0.2, -0.15) is 0 Å². The Kier molecular flexibility index (Phi) is 8.96. The molecular formula is C41H66F2N2O7. The normalized spacial score (nSPS) is 49.8. The fraction of sp³-hybridized carbons (Fsp3) is 0.976. The molecule has 0 bridgehead atoms. The molecule has 8 rings (SSSR count). The topological polar surface area (TPSA) is 101 Å². The third-order valence-corrected chi connectivity index (χ3v) is 17.1. The number of carbonyl (C=O) groups is 1. The summed E-state index contributed by atoms with van der Waals surface area (Å²) in [5.41, 5.74) is -0.962. The Hall–Kier alpha value is -0.950. The van der Waals surface area contributed by atoms with Crippen LogP contribution in [0.2, 0.25) is 0 Å². The maximum atomic E-state index is 13.4. The zero-order valence-electron chi connectivity index (χ0n) is 33.0. The van der Waals surface area contributed by atoms with Crippen LogP contribution in [0.3, 0.4) is 0 Å². The van der Waals surface area contributed by atoms with Gasteiger partial charge in [-0.15, -0.1) is 0 Å². The molecule has 3 heterocycles. The fourth-order valence-electron chi connectivity index (χ4n) is 14.8. The molecule has 5 aliphatic carbocycles. The lowest BCUT2D eigenvalue weighted by atomic mass is 9.41. The first-order chi connectivity index (χ1) is 24.2. The maximum Gasteiger partial charge on any atom is 0.282 e. The number of hydrogen-bond acceptors (Lipinski definition) is 8. The van der Waals surface area contributed by atoms with E-state index in [1.165, 1.54) is 17.7 Å². The molecule has 1 amide bonds. The standard InChI is InChI=1S/C41H66F2N2O7/c1-9-49-34(36(5,6)48)25-18-24(2)31-32(51-25)33(47)38(8)27-11-10-26-35(3,4)28(12-13-39(26)21-40(27,39)15-14-37(31,38)7)52-30-20-44(16-17-50-30)19-29(46)45-22-41(42,43)23-45/h24-28,30-34,47-48H,9-23H2,1-8H3/t24-,25?,26+,27?,28+,30?,31+,32?,33+,34+,37?,38-,39?,40?/m1/s1. The van der Waals surface area contributed by atoms with Crippen LogP contribution in [-0.4, -0.2) is 120 Å². The van der Waals surface area contributed by atoms with Crippen LogP contribution in [-0.2, 0) is 23.7 Å². The second-order valence-corrected chi connectivity index (χ2v) is 20.4. The van der Waals surface area contributed by atoms with Gasteiger partial charge in [-0.05, 0) is 117 Å². The highest BCUT2D eigenvalue weighted by atomic mass is 19.3. The minimum Gasteiger partial charge on any atom is -0.390 e. The molecule has 14 atom stereocenters. The van der Waals surface area contributed by atoms with Crippen molar-refractivity contribution in [3.63, 3.8) is 0 Å². The zero-order chi connectivity index (χ0) is 37.4. The molecule has 2 N–H and O–H groups in total. The molecule has 9 nitrogen and oxygen atoms in total. The average molecular weight is 737 g/mol. The fourth-order valence-corrected chi connectivity index (χ4v) is 14.8. The molecule has 8 fully saturated rings. The number of alkyl halides is 2. The van der Waals surface area contributed by atoms with Crippen LogP contribution in [0.15, 0.2) is 0 Å². The van der Waals surface area contributed by atoms with Gasteiger partial charge in [0.1, 0.15) is 6.10 Å². The van der Waals surface area contributed by atoms with E-state index in [0.717, 1.165) is 38.5 Å². The molecule has 0 radical (unpaired) electrons. The van der Waals surface area contributed by atoms with Crippen molar-refractivity contribution in [2.24, 2.45) is 50.7 Å². The van der Waals surface area contributed by atoms with Gasteiger partial charge < -0.3 is 34.1 Å². The van der Waals surface area contributed by atoms with Gasteiger partial charge in [-0.1, -0.05) is 34.6 Å². The molecule has 52 heavy (non-hydrogen) atoms. The van der Waals surface area contributed by atoms with Gasteiger partial charge in [0.15, 0.2) is 6.29 Å². The van der Waals surface area contributed by atoms with Crippen LogP contribution in [0, 0.1) is 50.7 Å². The van der Waals surface area contributed by atoms with Gasteiger partial charge in [0, 0.05) is 18.6 Å². The number of fused-ring (bicyclic) bond motifs is 4. The lowest BCUT2D eigenvalue weighted by molar-refractivity contribution is -0.249. The van der Waals surface area contributed by atoms with Crippen molar-refractivity contribution in [1.82, 2.24) is 9.80 Å². The summed E-state index contributed by atoms with van der Waals surface area (Å²) in [6, 6.07) is 0. The van der Waals surface area contributed by atoms with E-state index in [4.69, 9.17) is 18.9 Å². The Labute approximate surface area is 309 Å². The van der Waals surface area contributed by atoms with E-state index < -0.39 is 43.1 Å². The monoisotopic (exact) mass is 736 g/mol. The van der Waals surface area contributed by atoms with E-state index in [1.807, 2.05) is 11.8 Å². The predicted octanol–water partition coefficient (Wildman–Crippen LogP) is 5.50. The van der Waals surface area contributed by atoms with Gasteiger partial charge in [0.05, 0.1) is 62.8 Å². The van der Waals surface area contributed by atoms with Crippen LogP contribution < -0.4 is 0 Å². The second-order valence-electron chi connectivity index (χ2n) is 20.4. The SMILES string of the molecule is CCO[C@@H](C1C[C@@H](C)[C@H]2C(O1)[C@H](O)[C@@]1(C)C3CC[C@H]4C(C)(C)[C@@H](OC5CN(CC(=O)N6CC(F)(F)C6)CCO5)CCC45CC35CCC21C)C(C)(C)O. The molecule has 7 unspecified atom stereocenters. The minimum absolute atomic E-state index is 0.0247. The quantitative estimate of drug-likeness (QED) is 0.338. The number of aliphatic hydroxyl groups is 2. The molecule has 2 spiro atoms. The minimum atomic E-state index is -2.76. The Morgan fingerprint density at radius 1 is 1.04 bits per heavy atom. The van der Waals surface area contributed by atoms with E-state index in [1.54, 1.807) is 13.8 Å². The number of halogens is 2. The average Bonchev–Trinajstić information content (AvgIpc) is 3.68. The number of rotatable bonds is 8. The summed E-state index contributed by atoms with van der Waals surface area (Å²) >= 11 is 0. The van der Waals surface area contributed by atoms with E-state index in [2.05, 4.69) is 34.6 Å². The first kappa shape index (κ1) is 37.9. The van der Waals surface area contributed by atoms with Crippen molar-refractivity contribution in [1.29, 1.82) is 0 Å². The summed E-state index contributed by atoms with van der Waals surface area (Å²) in [6.45, 7) is 18.7. The summed E-state index contributed by atoms with van der Waals surface area (Å²) in [4.78, 5) is 15.9. The highest BCUT2D eigenvalue weighted by Gasteiger charge is 2.84. The highest BCUT2D eigenvalue weighted by molar-refractivity contribution is 5.79. The number of carbonyl (C=O) groups excluding carboxylic acids is 1. The van der Waals surface area contributed by atoms with Crippen LogP contribution in [0.4, 0.5) is 8.78 Å². The smallest absolute Gasteiger partial charge is 0.282 e. The maximum absolute atomic E-state index is 13.4. The van der Waals surface area contributed by atoms with Crippen molar-refractivity contribution in [2.75, 3.05) is 45.9 Å². The molecule has 3 saturated heterocycles. The lowest BCUT2D eigenvalue weighted by Gasteiger charge is -2.64. The molecule has 11 heteroatoms. The number of likely N-dealkylation sites (tertiary alicyclic amines) is 1. The number of amides is 1. The zero-order valence-corrected chi connectivity index (χ0v) is 33.0. The molecular weight excluding hydrogens is 670 g/mol. The van der Waals surface area contributed by atoms with Gasteiger partial charge in [0.25, 0.3) is 5.92 Å². The largest absolute Gasteiger partial charge is 0.390 e. The summed E-state index contributed by atoms with van der Waals surface area (Å²) in [5.74, 6) is -1.48. The Balaban J connectivity index is 0.970. The van der Waals surface area contributed by atoms with E-state index in [0.29, 0.717) is 44.1 Å².